The minimum absolute atomic E-state index is 0.102. The molecule has 3 rings (SSSR count). The smallest absolute Gasteiger partial charge is 0.221 e. The molecular formula is C19H13N3O3. The van der Waals surface area contributed by atoms with E-state index in [0.717, 1.165) is 0 Å². The first-order chi connectivity index (χ1) is 12.0. The van der Waals surface area contributed by atoms with Crippen molar-refractivity contribution in [3.63, 3.8) is 0 Å². The molecule has 0 bridgehead atoms. The summed E-state index contributed by atoms with van der Waals surface area (Å²) < 4.78 is 0. The number of allylic oxidation sites excluding steroid dienone is 1. The summed E-state index contributed by atoms with van der Waals surface area (Å²) in [5, 5.41) is 22.3. The van der Waals surface area contributed by atoms with Gasteiger partial charge in [0, 0.05) is 23.7 Å². The normalized spacial score (nSPS) is 13.4. The van der Waals surface area contributed by atoms with Crippen molar-refractivity contribution < 1.29 is 14.7 Å². The number of aliphatic imine (C=N–C) groups is 1. The molecule has 0 radical (unpaired) electrons. The molecule has 2 aromatic carbocycles. The van der Waals surface area contributed by atoms with Crippen LogP contribution in [0.15, 0.2) is 59.1 Å². The number of hydrogen-bond acceptors (Lipinski definition) is 5. The standard InChI is InChI=1S/C19H13N3O3/c1-11(23)21-12-6-8-13(9-7-12)22-16(10-20)17-18(24)14-4-2-3-5-15(14)19(17)25/h2-9,24H,1H3,(H,21,23). The van der Waals surface area contributed by atoms with Crippen LogP contribution in [0.3, 0.4) is 0 Å². The predicted molar refractivity (Wildman–Crippen MR) is 93.8 cm³/mol. The fourth-order valence-corrected chi connectivity index (χ4v) is 2.57. The Morgan fingerprint density at radius 2 is 1.76 bits per heavy atom. The molecule has 0 heterocycles. The van der Waals surface area contributed by atoms with Crippen LogP contribution in [0.2, 0.25) is 0 Å². The first kappa shape index (κ1) is 16.1. The average Bonchev–Trinajstić information content (AvgIpc) is 2.86. The van der Waals surface area contributed by atoms with Gasteiger partial charge in [-0.1, -0.05) is 24.3 Å². The number of nitriles is 1. The second kappa shape index (κ2) is 6.42. The van der Waals surface area contributed by atoms with Gasteiger partial charge in [-0.25, -0.2) is 4.99 Å². The lowest BCUT2D eigenvalue weighted by molar-refractivity contribution is -0.114. The lowest BCUT2D eigenvalue weighted by Gasteiger charge is -2.03. The van der Waals surface area contributed by atoms with Gasteiger partial charge in [0.25, 0.3) is 0 Å². The Hall–Kier alpha value is -3.72. The van der Waals surface area contributed by atoms with Crippen molar-refractivity contribution in [1.82, 2.24) is 0 Å². The van der Waals surface area contributed by atoms with Crippen LogP contribution < -0.4 is 5.32 Å². The minimum Gasteiger partial charge on any atom is -0.506 e. The van der Waals surface area contributed by atoms with E-state index in [9.17, 15) is 20.0 Å². The summed E-state index contributed by atoms with van der Waals surface area (Å²) in [5.41, 5.74) is 1.50. The Morgan fingerprint density at radius 1 is 1.12 bits per heavy atom. The highest BCUT2D eigenvalue weighted by Gasteiger charge is 2.32. The van der Waals surface area contributed by atoms with Crippen LogP contribution in [-0.2, 0) is 4.79 Å². The van der Waals surface area contributed by atoms with Crippen molar-refractivity contribution in [2.45, 2.75) is 6.92 Å². The number of carbonyl (C=O) groups excluding carboxylic acids is 2. The second-order valence-electron chi connectivity index (χ2n) is 5.40. The summed E-state index contributed by atoms with van der Waals surface area (Å²) in [5.74, 6) is -0.864. The number of ketones is 1. The van der Waals surface area contributed by atoms with Gasteiger partial charge in [-0.2, -0.15) is 5.26 Å². The quantitative estimate of drug-likeness (QED) is 0.841. The summed E-state index contributed by atoms with van der Waals surface area (Å²) in [4.78, 5) is 27.7. The number of amides is 1. The number of rotatable bonds is 3. The van der Waals surface area contributed by atoms with Gasteiger partial charge in [0.15, 0.2) is 11.5 Å². The Bertz CT molecular complexity index is 980. The molecule has 0 saturated heterocycles. The molecule has 6 nitrogen and oxygen atoms in total. The summed E-state index contributed by atoms with van der Waals surface area (Å²) in [6.45, 7) is 1.40. The molecule has 2 N–H and O–H groups in total. The van der Waals surface area contributed by atoms with Crippen LogP contribution in [0.4, 0.5) is 11.4 Å². The highest BCUT2D eigenvalue weighted by molar-refractivity contribution is 6.39. The van der Waals surface area contributed by atoms with Crippen molar-refractivity contribution in [2.75, 3.05) is 5.32 Å². The van der Waals surface area contributed by atoms with E-state index < -0.39 is 5.78 Å². The summed E-state index contributed by atoms with van der Waals surface area (Å²) in [6.07, 6.45) is 0. The van der Waals surface area contributed by atoms with Crippen molar-refractivity contribution in [1.29, 1.82) is 5.26 Å². The van der Waals surface area contributed by atoms with Crippen LogP contribution in [0.25, 0.3) is 5.76 Å². The van der Waals surface area contributed by atoms with E-state index in [4.69, 9.17) is 0 Å². The molecule has 1 aliphatic rings. The number of aliphatic hydroxyl groups excluding tert-OH is 1. The van der Waals surface area contributed by atoms with Crippen LogP contribution in [0.5, 0.6) is 0 Å². The summed E-state index contributed by atoms with van der Waals surface area (Å²) in [7, 11) is 0. The third-order valence-electron chi connectivity index (χ3n) is 3.66. The molecule has 0 aliphatic heterocycles. The molecule has 122 valence electrons. The van der Waals surface area contributed by atoms with Gasteiger partial charge in [-0.3, -0.25) is 9.59 Å². The number of benzene rings is 2. The first-order valence-electron chi connectivity index (χ1n) is 7.45. The van der Waals surface area contributed by atoms with E-state index in [2.05, 4.69) is 10.3 Å². The lowest BCUT2D eigenvalue weighted by atomic mass is 10.1. The van der Waals surface area contributed by atoms with Crippen LogP contribution in [0.1, 0.15) is 22.8 Å². The van der Waals surface area contributed by atoms with Crippen molar-refractivity contribution in [3.8, 4) is 6.07 Å². The molecule has 25 heavy (non-hydrogen) atoms. The maximum atomic E-state index is 12.5. The number of carbonyl (C=O) groups is 2. The number of anilines is 1. The molecule has 0 aromatic heterocycles. The Kier molecular flexibility index (Phi) is 4.14. The van der Waals surface area contributed by atoms with Gasteiger partial charge in [0.1, 0.15) is 17.4 Å². The van der Waals surface area contributed by atoms with E-state index in [1.54, 1.807) is 48.5 Å². The summed E-state index contributed by atoms with van der Waals surface area (Å²) >= 11 is 0. The first-order valence-corrected chi connectivity index (χ1v) is 7.45. The van der Waals surface area contributed by atoms with Gasteiger partial charge in [-0.15, -0.1) is 0 Å². The van der Waals surface area contributed by atoms with Gasteiger partial charge in [0.2, 0.25) is 5.91 Å². The van der Waals surface area contributed by atoms with Crippen molar-refractivity contribution in [2.24, 2.45) is 4.99 Å². The van der Waals surface area contributed by atoms with E-state index in [-0.39, 0.29) is 23.0 Å². The average molecular weight is 331 g/mol. The Balaban J connectivity index is 1.97. The number of aliphatic hydroxyl groups is 1. The number of Topliss-reactive ketones (excluding diaryl/α,β-unsaturated/α-hetero) is 1. The van der Waals surface area contributed by atoms with Crippen LogP contribution >= 0.6 is 0 Å². The monoisotopic (exact) mass is 331 g/mol. The van der Waals surface area contributed by atoms with Crippen LogP contribution in [-0.4, -0.2) is 22.5 Å². The zero-order valence-electron chi connectivity index (χ0n) is 13.3. The van der Waals surface area contributed by atoms with Gasteiger partial charge in [-0.05, 0) is 24.3 Å². The topological polar surface area (TPSA) is 103 Å². The predicted octanol–water partition coefficient (Wildman–Crippen LogP) is 3.41. The Morgan fingerprint density at radius 3 is 2.32 bits per heavy atom. The van der Waals surface area contributed by atoms with E-state index >= 15 is 0 Å². The third-order valence-corrected chi connectivity index (χ3v) is 3.66. The van der Waals surface area contributed by atoms with E-state index in [0.29, 0.717) is 22.5 Å². The molecule has 1 amide bonds. The fourth-order valence-electron chi connectivity index (χ4n) is 2.57. The van der Waals surface area contributed by atoms with E-state index in [1.165, 1.54) is 6.92 Å². The second-order valence-corrected chi connectivity index (χ2v) is 5.40. The molecule has 0 fully saturated rings. The third kappa shape index (κ3) is 3.03. The highest BCUT2D eigenvalue weighted by atomic mass is 16.3. The van der Waals surface area contributed by atoms with Gasteiger partial charge in [0.05, 0.1) is 5.69 Å². The van der Waals surface area contributed by atoms with Crippen molar-refractivity contribution in [3.05, 3.63) is 65.2 Å². The van der Waals surface area contributed by atoms with Crippen LogP contribution in [0, 0.1) is 11.3 Å². The molecule has 2 aromatic rings. The number of nitrogens with one attached hydrogen (secondary N) is 1. The zero-order valence-corrected chi connectivity index (χ0v) is 13.3. The molecule has 0 saturated carbocycles. The fraction of sp³-hybridized carbons (Fsp3) is 0.0526. The SMILES string of the molecule is CC(=O)Nc1ccc(N=C(C#N)C2=C(O)c3ccccc3C2=O)cc1. The highest BCUT2D eigenvalue weighted by Crippen LogP contribution is 2.32. The zero-order chi connectivity index (χ0) is 18.0. The maximum absolute atomic E-state index is 12.5. The van der Waals surface area contributed by atoms with E-state index in [1.807, 2.05) is 6.07 Å². The van der Waals surface area contributed by atoms with Gasteiger partial charge < -0.3 is 10.4 Å². The number of fused-ring (bicyclic) bond motifs is 1. The molecule has 0 unspecified atom stereocenters. The summed E-state index contributed by atoms with van der Waals surface area (Å²) in [6, 6.07) is 15.0. The minimum atomic E-state index is -0.428. The van der Waals surface area contributed by atoms with Crippen molar-refractivity contribution >= 4 is 34.5 Å². The molecule has 0 spiro atoms. The maximum Gasteiger partial charge on any atom is 0.221 e. The largest absolute Gasteiger partial charge is 0.506 e. The van der Waals surface area contributed by atoms with Gasteiger partial charge >= 0.3 is 0 Å². The number of nitrogens with zero attached hydrogens (tertiary/aromatic N) is 2. The molecule has 0 atom stereocenters. The lowest BCUT2D eigenvalue weighted by Crippen LogP contribution is -2.09. The molecular weight excluding hydrogens is 318 g/mol. The number of hydrogen-bond donors (Lipinski definition) is 2. The Labute approximate surface area is 143 Å². The molecule has 6 heteroatoms. The molecule has 1 aliphatic carbocycles.